The van der Waals surface area contributed by atoms with Gasteiger partial charge in [-0.1, -0.05) is 42.5 Å². The Morgan fingerprint density at radius 2 is 1.80 bits per heavy atom. The lowest BCUT2D eigenvalue weighted by Gasteiger charge is -2.38. The number of allylic oxidation sites excluding steroid dienone is 2. The summed E-state index contributed by atoms with van der Waals surface area (Å²) in [6.45, 7) is 1.86. The first-order valence-electron chi connectivity index (χ1n) is 10.0. The third-order valence-electron chi connectivity index (χ3n) is 5.75. The third-order valence-corrected chi connectivity index (χ3v) is 5.75. The van der Waals surface area contributed by atoms with Gasteiger partial charge in [-0.25, -0.2) is 4.39 Å². The maximum Gasteiger partial charge on any atom is 0.317 e. The number of benzene rings is 2. The lowest BCUT2D eigenvalue weighted by molar-refractivity contribution is -0.152. The van der Waals surface area contributed by atoms with E-state index in [1.54, 1.807) is 19.1 Å². The Morgan fingerprint density at radius 3 is 2.50 bits per heavy atom. The summed E-state index contributed by atoms with van der Waals surface area (Å²) >= 11 is 0. The molecule has 154 valence electrons. The molecule has 0 saturated carbocycles. The molecule has 1 N–H and O–H groups in total. The molecule has 0 bridgehead atoms. The number of rotatable bonds is 4. The lowest BCUT2D eigenvalue weighted by atomic mass is 9.68. The van der Waals surface area contributed by atoms with Crippen LogP contribution in [0.5, 0.6) is 0 Å². The van der Waals surface area contributed by atoms with Crippen molar-refractivity contribution >= 4 is 17.7 Å². The average molecular weight is 407 g/mol. The number of nitrogens with one attached hydrogen (secondary N) is 1. The summed E-state index contributed by atoms with van der Waals surface area (Å²) in [5, 5.41) is 2.83. The Bertz CT molecular complexity index is 1030. The van der Waals surface area contributed by atoms with Gasteiger partial charge in [-0.15, -0.1) is 0 Å². The minimum atomic E-state index is -1.00. The molecule has 2 aliphatic rings. The molecule has 0 spiro atoms. The molecular formula is C24H22FNO4. The van der Waals surface area contributed by atoms with Gasteiger partial charge in [0.1, 0.15) is 11.7 Å². The third kappa shape index (κ3) is 3.65. The molecule has 1 amide bonds. The highest BCUT2D eigenvalue weighted by molar-refractivity contribution is 6.12. The van der Waals surface area contributed by atoms with E-state index < -0.39 is 29.5 Å². The highest BCUT2D eigenvalue weighted by Crippen LogP contribution is 2.45. The normalized spacial score (nSPS) is 23.6. The van der Waals surface area contributed by atoms with E-state index in [2.05, 4.69) is 5.32 Å². The minimum absolute atomic E-state index is 0.0274. The van der Waals surface area contributed by atoms with Crippen LogP contribution in [0, 0.1) is 11.7 Å². The predicted molar refractivity (Wildman–Crippen MR) is 108 cm³/mol. The molecule has 1 heterocycles. The van der Waals surface area contributed by atoms with Gasteiger partial charge in [0.2, 0.25) is 5.91 Å². The van der Waals surface area contributed by atoms with Crippen LogP contribution in [0.1, 0.15) is 42.7 Å². The van der Waals surface area contributed by atoms with Gasteiger partial charge < -0.3 is 10.1 Å². The maximum absolute atomic E-state index is 13.9. The van der Waals surface area contributed by atoms with Crippen LogP contribution in [-0.2, 0) is 19.1 Å². The first-order valence-corrected chi connectivity index (χ1v) is 10.0. The number of halogens is 1. The molecule has 0 saturated heterocycles. The van der Waals surface area contributed by atoms with Gasteiger partial charge in [0.05, 0.1) is 6.61 Å². The zero-order chi connectivity index (χ0) is 21.3. The van der Waals surface area contributed by atoms with E-state index in [0.29, 0.717) is 23.3 Å². The van der Waals surface area contributed by atoms with Crippen molar-refractivity contribution in [2.75, 3.05) is 6.61 Å². The molecule has 0 radical (unpaired) electrons. The van der Waals surface area contributed by atoms with Crippen LogP contribution in [0.3, 0.4) is 0 Å². The number of carbonyl (C=O) groups is 3. The van der Waals surface area contributed by atoms with Crippen molar-refractivity contribution < 1.29 is 23.5 Å². The molecule has 2 aromatic carbocycles. The number of hydrogen-bond acceptors (Lipinski definition) is 4. The number of hydrogen-bond donors (Lipinski definition) is 1. The minimum Gasteiger partial charge on any atom is -0.465 e. The number of carbonyl (C=O) groups excluding carboxylic acids is 3. The quantitative estimate of drug-likeness (QED) is 0.621. The number of esters is 1. The predicted octanol–water partition coefficient (Wildman–Crippen LogP) is 3.62. The van der Waals surface area contributed by atoms with Crippen molar-refractivity contribution in [1.29, 1.82) is 0 Å². The zero-order valence-corrected chi connectivity index (χ0v) is 16.6. The van der Waals surface area contributed by atoms with Crippen LogP contribution in [0.25, 0.3) is 0 Å². The molecule has 2 aromatic rings. The second-order valence-corrected chi connectivity index (χ2v) is 7.57. The topological polar surface area (TPSA) is 72.5 Å². The molecule has 30 heavy (non-hydrogen) atoms. The molecular weight excluding hydrogens is 385 g/mol. The fourth-order valence-corrected chi connectivity index (χ4v) is 4.48. The Hall–Kier alpha value is -3.28. The molecule has 1 aliphatic heterocycles. The summed E-state index contributed by atoms with van der Waals surface area (Å²) in [4.78, 5) is 38.9. The van der Waals surface area contributed by atoms with Crippen molar-refractivity contribution in [3.63, 3.8) is 0 Å². The van der Waals surface area contributed by atoms with Crippen molar-refractivity contribution in [2.45, 2.75) is 31.6 Å². The van der Waals surface area contributed by atoms with E-state index >= 15 is 0 Å². The van der Waals surface area contributed by atoms with Gasteiger partial charge >= 0.3 is 5.97 Å². The van der Waals surface area contributed by atoms with Crippen LogP contribution < -0.4 is 5.32 Å². The van der Waals surface area contributed by atoms with E-state index in [-0.39, 0.29) is 24.7 Å². The fraction of sp³-hybridized carbons (Fsp3) is 0.292. The van der Waals surface area contributed by atoms with Crippen LogP contribution in [0.2, 0.25) is 0 Å². The summed E-state index contributed by atoms with van der Waals surface area (Å²) in [5.74, 6) is -3.63. The number of ketones is 1. The molecule has 3 atom stereocenters. The summed E-state index contributed by atoms with van der Waals surface area (Å²) < 4.78 is 19.1. The van der Waals surface area contributed by atoms with Crippen LogP contribution in [0.4, 0.5) is 4.39 Å². The van der Waals surface area contributed by atoms with Gasteiger partial charge in [-0.05, 0) is 36.6 Å². The van der Waals surface area contributed by atoms with E-state index in [0.717, 1.165) is 5.56 Å². The summed E-state index contributed by atoms with van der Waals surface area (Å²) in [6.07, 6.45) is 0.353. The molecule has 0 unspecified atom stereocenters. The van der Waals surface area contributed by atoms with Crippen molar-refractivity contribution in [2.24, 2.45) is 5.92 Å². The highest BCUT2D eigenvalue weighted by atomic mass is 19.1. The van der Waals surface area contributed by atoms with Crippen molar-refractivity contribution in [3.8, 4) is 0 Å². The first-order chi connectivity index (χ1) is 14.5. The lowest BCUT2D eigenvalue weighted by Crippen LogP contribution is -2.44. The monoisotopic (exact) mass is 407 g/mol. The summed E-state index contributed by atoms with van der Waals surface area (Å²) in [6, 6.07) is 15.2. The Labute approximate surface area is 173 Å². The van der Waals surface area contributed by atoms with E-state index in [1.807, 2.05) is 30.3 Å². The maximum atomic E-state index is 13.9. The van der Waals surface area contributed by atoms with E-state index in [4.69, 9.17) is 4.74 Å². The Kier molecular flexibility index (Phi) is 5.48. The SMILES string of the molecule is CCOC(=O)[C@@H]1C(=O)C2=C(C[C@@H]1c1ccccc1)NC(=O)C[C@@H]2c1cccc(F)c1. The van der Waals surface area contributed by atoms with Gasteiger partial charge in [-0.2, -0.15) is 0 Å². The van der Waals surface area contributed by atoms with Crippen molar-refractivity contribution in [3.05, 3.63) is 82.8 Å². The highest BCUT2D eigenvalue weighted by Gasteiger charge is 2.47. The second kappa shape index (κ2) is 8.22. The molecule has 5 nitrogen and oxygen atoms in total. The fourth-order valence-electron chi connectivity index (χ4n) is 4.48. The largest absolute Gasteiger partial charge is 0.465 e. The standard InChI is InChI=1S/C24H22FNO4/c1-2-30-24(29)22-17(14-7-4-3-5-8-14)12-19-21(23(22)28)18(13-20(27)26-19)15-9-6-10-16(25)11-15/h3-11,17-18,22H,2,12-13H2,1H3,(H,26,27)/t17-,18-,22+/m1/s1. The Morgan fingerprint density at radius 1 is 1.07 bits per heavy atom. The van der Waals surface area contributed by atoms with Crippen molar-refractivity contribution in [1.82, 2.24) is 5.32 Å². The molecule has 4 rings (SSSR count). The summed E-state index contributed by atoms with van der Waals surface area (Å²) in [5.41, 5.74) is 2.27. The Balaban J connectivity index is 1.82. The van der Waals surface area contributed by atoms with Crippen LogP contribution in [0.15, 0.2) is 65.9 Å². The number of amides is 1. The van der Waals surface area contributed by atoms with Gasteiger partial charge in [-0.3, -0.25) is 14.4 Å². The molecule has 0 aromatic heterocycles. The smallest absolute Gasteiger partial charge is 0.317 e. The van der Waals surface area contributed by atoms with E-state index in [1.165, 1.54) is 12.1 Å². The molecule has 1 aliphatic carbocycles. The van der Waals surface area contributed by atoms with E-state index in [9.17, 15) is 18.8 Å². The second-order valence-electron chi connectivity index (χ2n) is 7.57. The summed E-state index contributed by atoms with van der Waals surface area (Å²) in [7, 11) is 0. The zero-order valence-electron chi connectivity index (χ0n) is 16.6. The first kappa shape index (κ1) is 20.0. The van der Waals surface area contributed by atoms with Crippen LogP contribution in [-0.4, -0.2) is 24.3 Å². The van der Waals surface area contributed by atoms with Gasteiger partial charge in [0.25, 0.3) is 0 Å². The molecule has 0 fully saturated rings. The van der Waals surface area contributed by atoms with Crippen LogP contribution >= 0.6 is 0 Å². The van der Waals surface area contributed by atoms with Gasteiger partial charge in [0.15, 0.2) is 5.78 Å². The average Bonchev–Trinajstić information content (AvgIpc) is 2.73. The molecule has 6 heteroatoms. The number of Topliss-reactive ketones (excluding diaryl/α,β-unsaturated/α-hetero) is 1. The van der Waals surface area contributed by atoms with Gasteiger partial charge in [0, 0.05) is 29.5 Å². The number of ether oxygens (including phenoxy) is 1.